The number of nitrogens with zero attached hydrogens (tertiary/aromatic N) is 3. The van der Waals surface area contributed by atoms with Gasteiger partial charge in [-0.2, -0.15) is 5.26 Å². The minimum atomic E-state index is 0.330. The van der Waals surface area contributed by atoms with Gasteiger partial charge in [0.05, 0.1) is 47.1 Å². The quantitative estimate of drug-likeness (QED) is 0.704. The second-order valence-corrected chi connectivity index (χ2v) is 7.22. The summed E-state index contributed by atoms with van der Waals surface area (Å²) < 4.78 is 10.7. The molecule has 1 unspecified atom stereocenters. The third-order valence-corrected chi connectivity index (χ3v) is 5.19. The Labute approximate surface area is 158 Å². The Balaban J connectivity index is 0.000000218. The lowest BCUT2D eigenvalue weighted by Crippen LogP contribution is -2.14. The molecule has 0 bridgehead atoms. The van der Waals surface area contributed by atoms with Gasteiger partial charge in [-0.05, 0) is 50.8 Å². The minimum Gasteiger partial charge on any atom is -0.381 e. The Bertz CT molecular complexity index is 963. The molecule has 2 aliphatic heterocycles. The van der Waals surface area contributed by atoms with E-state index in [-0.39, 0.29) is 0 Å². The van der Waals surface area contributed by atoms with E-state index in [0.717, 1.165) is 47.4 Å². The van der Waals surface area contributed by atoms with Crippen LogP contribution in [-0.4, -0.2) is 40.9 Å². The van der Waals surface area contributed by atoms with Crippen molar-refractivity contribution in [1.82, 2.24) is 15.0 Å². The third-order valence-electron chi connectivity index (χ3n) is 5.19. The summed E-state index contributed by atoms with van der Waals surface area (Å²) in [6.45, 7) is 4.63. The molecule has 6 nitrogen and oxygen atoms in total. The van der Waals surface area contributed by atoms with Crippen molar-refractivity contribution in [2.24, 2.45) is 0 Å². The molecule has 0 amide bonds. The number of aromatic amines is 1. The number of hydrogen-bond donors (Lipinski definition) is 1. The van der Waals surface area contributed by atoms with E-state index in [1.807, 2.05) is 12.1 Å². The number of nitrogens with one attached hydrogen (secondary N) is 1. The molecule has 5 rings (SSSR count). The van der Waals surface area contributed by atoms with E-state index >= 15 is 0 Å². The van der Waals surface area contributed by atoms with E-state index in [2.05, 4.69) is 23.0 Å². The molecule has 0 spiro atoms. The first-order valence-corrected chi connectivity index (χ1v) is 9.62. The summed E-state index contributed by atoms with van der Waals surface area (Å²) in [5, 5.41) is 9.95. The Morgan fingerprint density at radius 1 is 1.22 bits per heavy atom. The molecule has 0 aliphatic carbocycles. The summed E-state index contributed by atoms with van der Waals surface area (Å²) in [7, 11) is 0. The fourth-order valence-electron chi connectivity index (χ4n) is 3.59. The topological polar surface area (TPSA) is 83.8 Å². The number of imidazole rings is 1. The highest BCUT2D eigenvalue weighted by Gasteiger charge is 2.21. The summed E-state index contributed by atoms with van der Waals surface area (Å²) >= 11 is 0. The Hall–Kier alpha value is -2.49. The predicted molar refractivity (Wildman–Crippen MR) is 104 cm³/mol. The van der Waals surface area contributed by atoms with Crippen molar-refractivity contribution in [3.05, 3.63) is 35.8 Å². The molecule has 3 aromatic rings. The number of hydrogen-bond acceptors (Lipinski definition) is 5. The third kappa shape index (κ3) is 3.95. The summed E-state index contributed by atoms with van der Waals surface area (Å²) in [5.41, 5.74) is 3.28. The van der Waals surface area contributed by atoms with Crippen LogP contribution in [0.1, 0.15) is 49.9 Å². The van der Waals surface area contributed by atoms with Crippen molar-refractivity contribution in [3.63, 3.8) is 0 Å². The van der Waals surface area contributed by atoms with Crippen LogP contribution in [0, 0.1) is 11.3 Å². The molecule has 2 aromatic heterocycles. The maximum Gasteiger partial charge on any atom is 0.112 e. The van der Waals surface area contributed by atoms with Crippen LogP contribution in [0.25, 0.3) is 21.9 Å². The number of fused-ring (bicyclic) bond motifs is 3. The molecule has 0 radical (unpaired) electrons. The van der Waals surface area contributed by atoms with Crippen LogP contribution in [0.5, 0.6) is 0 Å². The number of aromatic nitrogens is 3. The van der Waals surface area contributed by atoms with Gasteiger partial charge in [0.25, 0.3) is 0 Å². The molecular weight excluding hydrogens is 340 g/mol. The second kappa shape index (κ2) is 8.03. The number of pyridine rings is 1. The number of benzene rings is 1. The zero-order chi connectivity index (χ0) is 18.6. The van der Waals surface area contributed by atoms with Crippen molar-refractivity contribution in [1.29, 1.82) is 5.26 Å². The summed E-state index contributed by atoms with van der Waals surface area (Å²) in [6.07, 6.45) is 7.23. The van der Waals surface area contributed by atoms with Gasteiger partial charge in [0, 0.05) is 24.5 Å². The Morgan fingerprint density at radius 3 is 2.81 bits per heavy atom. The first-order valence-electron chi connectivity index (χ1n) is 9.62. The van der Waals surface area contributed by atoms with Gasteiger partial charge < -0.3 is 14.5 Å². The van der Waals surface area contributed by atoms with Gasteiger partial charge in [-0.3, -0.25) is 4.98 Å². The zero-order valence-electron chi connectivity index (χ0n) is 15.6. The summed E-state index contributed by atoms with van der Waals surface area (Å²) in [6, 6.07) is 7.65. The number of rotatable bonds is 1. The highest BCUT2D eigenvalue weighted by molar-refractivity contribution is 6.02. The smallest absolute Gasteiger partial charge is 0.112 e. The second-order valence-electron chi connectivity index (χ2n) is 7.22. The van der Waals surface area contributed by atoms with Crippen molar-refractivity contribution in [3.8, 4) is 6.07 Å². The van der Waals surface area contributed by atoms with Gasteiger partial charge in [0.2, 0.25) is 0 Å². The fraction of sp³-hybridized carbons (Fsp3) is 0.476. The summed E-state index contributed by atoms with van der Waals surface area (Å²) in [4.78, 5) is 12.5. The van der Waals surface area contributed by atoms with Gasteiger partial charge in [-0.15, -0.1) is 0 Å². The maximum atomic E-state index is 9.03. The average molecular weight is 364 g/mol. The van der Waals surface area contributed by atoms with Crippen LogP contribution in [0.2, 0.25) is 0 Å². The molecule has 4 heterocycles. The van der Waals surface area contributed by atoms with Crippen LogP contribution in [0.4, 0.5) is 0 Å². The molecule has 2 saturated heterocycles. The van der Waals surface area contributed by atoms with Gasteiger partial charge >= 0.3 is 0 Å². The van der Waals surface area contributed by atoms with E-state index < -0.39 is 0 Å². The number of ether oxygens (including phenoxy) is 2. The predicted octanol–water partition coefficient (Wildman–Crippen LogP) is 4.06. The first kappa shape index (κ1) is 17.9. The van der Waals surface area contributed by atoms with Gasteiger partial charge in [0.1, 0.15) is 5.82 Å². The van der Waals surface area contributed by atoms with Crippen LogP contribution in [-0.2, 0) is 9.47 Å². The van der Waals surface area contributed by atoms with Gasteiger partial charge in [0.15, 0.2) is 0 Å². The molecule has 6 heteroatoms. The van der Waals surface area contributed by atoms with E-state index in [4.69, 9.17) is 19.7 Å². The van der Waals surface area contributed by atoms with Crippen LogP contribution in [0.15, 0.2) is 24.4 Å². The number of nitriles is 1. The van der Waals surface area contributed by atoms with E-state index in [1.165, 1.54) is 19.3 Å². The molecule has 27 heavy (non-hydrogen) atoms. The lowest BCUT2D eigenvalue weighted by atomic mass is 10.1. The molecule has 2 atom stereocenters. The largest absolute Gasteiger partial charge is 0.381 e. The lowest BCUT2D eigenvalue weighted by Gasteiger charge is -2.17. The van der Waals surface area contributed by atoms with E-state index in [9.17, 15) is 0 Å². The fourth-order valence-corrected chi connectivity index (χ4v) is 3.59. The Kier molecular flexibility index (Phi) is 5.33. The van der Waals surface area contributed by atoms with E-state index in [1.54, 1.807) is 12.3 Å². The molecule has 0 saturated carbocycles. The maximum absolute atomic E-state index is 9.03. The van der Waals surface area contributed by atoms with Gasteiger partial charge in [-0.25, -0.2) is 4.98 Å². The lowest BCUT2D eigenvalue weighted by molar-refractivity contribution is 0.0285. The molecule has 1 N–H and O–H groups in total. The first-order chi connectivity index (χ1) is 13.2. The van der Waals surface area contributed by atoms with Crippen LogP contribution >= 0.6 is 0 Å². The standard InChI is InChI=1S/C15H12N4O.C6H12O/c16-6-9-1-2-12-11(5-9)14-13(7-17-12)18-15(19-14)10-3-4-20-8-10;1-6-4-2-3-5-7-6/h1-2,5,7,10H,3-4,8H2,(H,18,19);6H,2-5H2,1H3/t;6-/m.1/s1. The SMILES string of the molecule is C[C@@H]1CCCCO1.N#Cc1ccc2ncc3[nH]c(C4CCOC4)nc3c2c1. The number of H-pyrrole nitrogens is 1. The average Bonchev–Trinajstić information content (AvgIpc) is 3.38. The molecule has 140 valence electrons. The molecule has 2 aliphatic rings. The van der Waals surface area contributed by atoms with Crippen molar-refractivity contribution in [2.75, 3.05) is 19.8 Å². The Morgan fingerprint density at radius 2 is 2.15 bits per heavy atom. The van der Waals surface area contributed by atoms with Crippen molar-refractivity contribution in [2.45, 2.75) is 44.6 Å². The highest BCUT2D eigenvalue weighted by Crippen LogP contribution is 2.28. The van der Waals surface area contributed by atoms with Crippen LogP contribution < -0.4 is 0 Å². The molecular formula is C21H24N4O2. The van der Waals surface area contributed by atoms with Crippen LogP contribution in [0.3, 0.4) is 0 Å². The molecule has 2 fully saturated rings. The molecule has 1 aromatic carbocycles. The van der Waals surface area contributed by atoms with E-state index in [0.29, 0.717) is 24.2 Å². The van der Waals surface area contributed by atoms with Crippen molar-refractivity contribution >= 4 is 21.9 Å². The highest BCUT2D eigenvalue weighted by atomic mass is 16.5. The van der Waals surface area contributed by atoms with Gasteiger partial charge in [-0.1, -0.05) is 0 Å². The monoisotopic (exact) mass is 364 g/mol. The minimum absolute atomic E-state index is 0.330. The zero-order valence-corrected chi connectivity index (χ0v) is 15.6. The normalized spacial score (nSPS) is 22.4. The summed E-state index contributed by atoms with van der Waals surface area (Å²) in [5.74, 6) is 1.28. The van der Waals surface area contributed by atoms with Crippen molar-refractivity contribution < 1.29 is 9.47 Å².